The van der Waals surface area contributed by atoms with Crippen molar-refractivity contribution >= 4 is 12.0 Å². The van der Waals surface area contributed by atoms with Gasteiger partial charge in [-0.3, -0.25) is 9.78 Å². The van der Waals surface area contributed by atoms with Gasteiger partial charge in [-0.05, 0) is 18.2 Å². The summed E-state index contributed by atoms with van der Waals surface area (Å²) in [6.07, 6.45) is 6.68. The third kappa shape index (κ3) is 3.92. The smallest absolute Gasteiger partial charge is 0.302 e. The van der Waals surface area contributed by atoms with Gasteiger partial charge < -0.3 is 4.74 Å². The van der Waals surface area contributed by atoms with Crippen LogP contribution in [0.1, 0.15) is 12.5 Å². The number of hydrogen-bond donors (Lipinski definition) is 0. The van der Waals surface area contributed by atoms with E-state index in [0.29, 0.717) is 0 Å². The first-order chi connectivity index (χ1) is 6.29. The Kier molecular flexibility index (Phi) is 3.52. The maximum Gasteiger partial charge on any atom is 0.302 e. The highest BCUT2D eigenvalue weighted by Crippen LogP contribution is 1.93. The van der Waals surface area contributed by atoms with E-state index < -0.39 is 0 Å². The Hall–Kier alpha value is -1.82. The Labute approximate surface area is 77.1 Å². The van der Waals surface area contributed by atoms with Crippen molar-refractivity contribution in [1.29, 1.82) is 0 Å². The quantitative estimate of drug-likeness (QED) is 0.649. The number of nitrogens with zero attached hydrogens (tertiary/aromatic N) is 1. The van der Waals surface area contributed by atoms with Gasteiger partial charge in [0.05, 0.1) is 6.20 Å². The lowest BCUT2D eigenvalue weighted by atomic mass is 10.3. The Bertz CT molecular complexity index is 293. The minimum absolute atomic E-state index is 0.276. The molecular formula is C10H9NO2. The predicted octanol–water partition coefficient (Wildman–Crippen LogP) is 1.26. The molecule has 0 unspecified atom stereocenters. The fourth-order valence-corrected chi connectivity index (χ4v) is 0.728. The molecule has 0 aliphatic rings. The summed E-state index contributed by atoms with van der Waals surface area (Å²) in [5.74, 6) is -0.286. The molecule has 1 rings (SSSR count). The molecule has 0 N–H and O–H groups in total. The van der Waals surface area contributed by atoms with Crippen LogP contribution in [0.4, 0.5) is 0 Å². The van der Waals surface area contributed by atoms with Crippen LogP contribution in [0.15, 0.2) is 18.5 Å². The summed E-state index contributed by atoms with van der Waals surface area (Å²) in [5, 5.41) is 0. The number of aromatic nitrogens is 1. The van der Waals surface area contributed by atoms with Gasteiger partial charge in [-0.2, -0.15) is 0 Å². The lowest BCUT2D eigenvalue weighted by Crippen LogP contribution is -1.97. The van der Waals surface area contributed by atoms with Gasteiger partial charge >= 0.3 is 5.97 Å². The van der Waals surface area contributed by atoms with Crippen molar-refractivity contribution in [1.82, 2.24) is 4.98 Å². The minimum atomic E-state index is -0.286. The first-order valence-electron chi connectivity index (χ1n) is 3.82. The van der Waals surface area contributed by atoms with Crippen molar-refractivity contribution in [3.8, 4) is 0 Å². The lowest BCUT2D eigenvalue weighted by molar-refractivity contribution is -0.139. The topological polar surface area (TPSA) is 39.2 Å². The molecule has 0 saturated carbocycles. The zero-order valence-electron chi connectivity index (χ0n) is 7.28. The Morgan fingerprint density at radius 1 is 1.77 bits per heavy atom. The van der Waals surface area contributed by atoms with Crippen LogP contribution in [0.25, 0.3) is 6.08 Å². The number of ether oxygens (including phenoxy) is 1. The SMILES string of the molecule is CC(=O)OCC=Cc1c#ccnc1. The van der Waals surface area contributed by atoms with Gasteiger partial charge in [0.15, 0.2) is 0 Å². The molecule has 1 heterocycles. The number of esters is 1. The predicted molar refractivity (Wildman–Crippen MR) is 47.6 cm³/mol. The zero-order chi connectivity index (χ0) is 9.52. The van der Waals surface area contributed by atoms with Crippen LogP contribution in [0.2, 0.25) is 0 Å². The third-order valence-corrected chi connectivity index (χ3v) is 1.25. The van der Waals surface area contributed by atoms with Crippen molar-refractivity contribution in [2.24, 2.45) is 0 Å². The lowest BCUT2D eigenvalue weighted by Gasteiger charge is -1.93. The second-order valence-corrected chi connectivity index (χ2v) is 2.34. The van der Waals surface area contributed by atoms with E-state index in [4.69, 9.17) is 4.74 Å². The highest BCUT2D eigenvalue weighted by atomic mass is 16.5. The molecule has 0 bridgehead atoms. The summed E-state index contributed by atoms with van der Waals surface area (Å²) in [7, 11) is 0. The molecule has 0 aliphatic carbocycles. The molecule has 0 fully saturated rings. The van der Waals surface area contributed by atoms with Gasteiger partial charge in [0.25, 0.3) is 0 Å². The Balaban J connectivity index is 2.37. The van der Waals surface area contributed by atoms with Gasteiger partial charge in [-0.1, -0.05) is 6.07 Å². The second kappa shape index (κ2) is 4.94. The summed E-state index contributed by atoms with van der Waals surface area (Å²) >= 11 is 0. The Morgan fingerprint density at radius 3 is 3.23 bits per heavy atom. The molecule has 0 saturated heterocycles. The van der Waals surface area contributed by atoms with E-state index in [1.165, 1.54) is 13.1 Å². The van der Waals surface area contributed by atoms with Crippen LogP contribution >= 0.6 is 0 Å². The van der Waals surface area contributed by atoms with Crippen LogP contribution in [-0.2, 0) is 9.53 Å². The average molecular weight is 175 g/mol. The van der Waals surface area contributed by atoms with Crippen molar-refractivity contribution in [2.75, 3.05) is 6.61 Å². The van der Waals surface area contributed by atoms with Crippen molar-refractivity contribution < 1.29 is 9.53 Å². The standard InChI is InChI=1S/C10H9NO2/c1-9(12)13-7-3-5-10-4-2-6-11-8-10/h3,5-6,8H,7H2,1H3. The molecule has 1 aromatic heterocycles. The van der Waals surface area contributed by atoms with E-state index in [-0.39, 0.29) is 12.6 Å². The van der Waals surface area contributed by atoms with Crippen molar-refractivity contribution in [2.45, 2.75) is 6.92 Å². The van der Waals surface area contributed by atoms with Gasteiger partial charge in [0.2, 0.25) is 0 Å². The monoisotopic (exact) mass is 175 g/mol. The van der Waals surface area contributed by atoms with Gasteiger partial charge in [-0.15, -0.1) is 0 Å². The van der Waals surface area contributed by atoms with Gasteiger partial charge in [-0.25, -0.2) is 0 Å². The fraction of sp³-hybridized carbons (Fsp3) is 0.200. The van der Waals surface area contributed by atoms with Crippen LogP contribution < -0.4 is 0 Å². The maximum absolute atomic E-state index is 10.4. The molecule has 1 aromatic rings. The second-order valence-electron chi connectivity index (χ2n) is 2.34. The van der Waals surface area contributed by atoms with E-state index in [2.05, 4.69) is 17.1 Å². The summed E-state index contributed by atoms with van der Waals surface area (Å²) in [4.78, 5) is 14.2. The normalized spacial score (nSPS) is 9.62. The van der Waals surface area contributed by atoms with E-state index in [9.17, 15) is 4.79 Å². The number of rotatable bonds is 3. The highest BCUT2D eigenvalue weighted by Gasteiger charge is 1.87. The summed E-state index contributed by atoms with van der Waals surface area (Å²) < 4.78 is 4.69. The van der Waals surface area contributed by atoms with Crippen LogP contribution in [0, 0.1) is 12.1 Å². The first kappa shape index (κ1) is 9.27. The summed E-state index contributed by atoms with van der Waals surface area (Å²) in [5.41, 5.74) is 0.814. The fourth-order valence-electron chi connectivity index (χ4n) is 0.728. The molecule has 0 aromatic carbocycles. The molecular weight excluding hydrogens is 166 g/mol. The Morgan fingerprint density at radius 2 is 2.62 bits per heavy atom. The highest BCUT2D eigenvalue weighted by molar-refractivity contribution is 5.66. The molecule has 0 aliphatic heterocycles. The van der Waals surface area contributed by atoms with Crippen molar-refractivity contribution in [3.63, 3.8) is 0 Å². The molecule has 13 heavy (non-hydrogen) atoms. The van der Waals surface area contributed by atoms with E-state index >= 15 is 0 Å². The number of carbonyl (C=O) groups excluding carboxylic acids is 1. The molecule has 0 amide bonds. The minimum Gasteiger partial charge on any atom is -0.462 e. The molecule has 66 valence electrons. The van der Waals surface area contributed by atoms with Crippen LogP contribution in [0.3, 0.4) is 0 Å². The van der Waals surface area contributed by atoms with Gasteiger partial charge in [0.1, 0.15) is 6.61 Å². The average Bonchev–Trinajstić information content (AvgIpc) is 2.14. The maximum atomic E-state index is 10.4. The summed E-state index contributed by atoms with van der Waals surface area (Å²) in [6.45, 7) is 1.65. The molecule has 3 heteroatoms. The molecule has 0 spiro atoms. The number of carbonyl (C=O) groups is 1. The largest absolute Gasteiger partial charge is 0.462 e. The summed E-state index contributed by atoms with van der Waals surface area (Å²) in [6, 6.07) is 5.56. The van der Waals surface area contributed by atoms with E-state index in [0.717, 1.165) is 5.56 Å². The zero-order valence-corrected chi connectivity index (χ0v) is 7.28. The van der Waals surface area contributed by atoms with E-state index in [1.54, 1.807) is 18.3 Å². The van der Waals surface area contributed by atoms with Gasteiger partial charge in [0, 0.05) is 18.7 Å². The molecule has 0 radical (unpaired) electrons. The van der Waals surface area contributed by atoms with E-state index in [1.807, 2.05) is 0 Å². The molecule has 3 nitrogen and oxygen atoms in total. The molecule has 0 atom stereocenters. The number of hydrogen-bond acceptors (Lipinski definition) is 3. The van der Waals surface area contributed by atoms with Crippen LogP contribution in [0.5, 0.6) is 0 Å². The third-order valence-electron chi connectivity index (χ3n) is 1.25. The first-order valence-corrected chi connectivity index (χ1v) is 3.82. The van der Waals surface area contributed by atoms with Crippen molar-refractivity contribution in [3.05, 3.63) is 36.2 Å². The van der Waals surface area contributed by atoms with Crippen LogP contribution in [-0.4, -0.2) is 17.6 Å².